The van der Waals surface area contributed by atoms with E-state index in [-0.39, 0.29) is 17.6 Å². The quantitative estimate of drug-likeness (QED) is 0.734. The summed E-state index contributed by atoms with van der Waals surface area (Å²) in [4.78, 5) is 0. The Morgan fingerprint density at radius 1 is 1.14 bits per heavy atom. The molecule has 2 aliphatic heterocycles. The Morgan fingerprint density at radius 2 is 1.90 bits per heavy atom. The predicted octanol–water partition coefficient (Wildman–Crippen LogP) is 4.07. The molecule has 0 radical (unpaired) electrons. The lowest BCUT2D eigenvalue weighted by Crippen LogP contribution is -2.39. The third-order valence-corrected chi connectivity index (χ3v) is 5.30. The second kappa shape index (κ2) is 7.94. The van der Waals surface area contributed by atoms with E-state index in [2.05, 4.69) is 20.8 Å². The van der Waals surface area contributed by atoms with E-state index in [9.17, 15) is 5.11 Å². The van der Waals surface area contributed by atoms with Crippen molar-refractivity contribution in [2.45, 2.75) is 103 Å². The molecule has 4 unspecified atom stereocenters. The van der Waals surface area contributed by atoms with Gasteiger partial charge in [-0.2, -0.15) is 0 Å². The SMILES string of the molecule is CCCCC(C)(C)C(O)C1CCC(CCC2CCCO2)O1. The van der Waals surface area contributed by atoms with Gasteiger partial charge in [-0.05, 0) is 50.4 Å². The predicted molar refractivity (Wildman–Crippen MR) is 85.4 cm³/mol. The Labute approximate surface area is 130 Å². The highest BCUT2D eigenvalue weighted by atomic mass is 16.5. The number of aliphatic hydroxyl groups is 1. The largest absolute Gasteiger partial charge is 0.390 e. The van der Waals surface area contributed by atoms with Crippen molar-refractivity contribution in [3.63, 3.8) is 0 Å². The zero-order chi connectivity index (χ0) is 15.3. The zero-order valence-electron chi connectivity index (χ0n) is 14.1. The average molecular weight is 298 g/mol. The number of rotatable bonds is 8. The minimum Gasteiger partial charge on any atom is -0.390 e. The Hall–Kier alpha value is -0.120. The van der Waals surface area contributed by atoms with E-state index < -0.39 is 0 Å². The van der Waals surface area contributed by atoms with Gasteiger partial charge in [0.05, 0.1) is 24.4 Å². The molecule has 2 aliphatic rings. The molecule has 2 rings (SSSR count). The number of aliphatic hydroxyl groups excluding tert-OH is 1. The van der Waals surface area contributed by atoms with E-state index in [0.717, 1.165) is 38.7 Å². The Kier molecular flexibility index (Phi) is 6.51. The molecule has 0 aromatic rings. The van der Waals surface area contributed by atoms with E-state index in [1.807, 2.05) is 0 Å². The van der Waals surface area contributed by atoms with E-state index in [4.69, 9.17) is 9.47 Å². The fourth-order valence-corrected chi connectivity index (χ4v) is 3.71. The van der Waals surface area contributed by atoms with Crippen LogP contribution in [0.5, 0.6) is 0 Å². The van der Waals surface area contributed by atoms with Crippen LogP contribution in [0.2, 0.25) is 0 Å². The van der Waals surface area contributed by atoms with Crippen LogP contribution in [0, 0.1) is 5.41 Å². The minimum atomic E-state index is -0.336. The highest BCUT2D eigenvalue weighted by Gasteiger charge is 2.38. The molecule has 0 spiro atoms. The second-order valence-electron chi connectivity index (χ2n) is 7.62. The monoisotopic (exact) mass is 298 g/mol. The van der Waals surface area contributed by atoms with Gasteiger partial charge in [0.2, 0.25) is 0 Å². The molecule has 0 aromatic heterocycles. The molecule has 0 aliphatic carbocycles. The first kappa shape index (κ1) is 17.2. The normalized spacial score (nSPS) is 31.7. The van der Waals surface area contributed by atoms with E-state index >= 15 is 0 Å². The van der Waals surface area contributed by atoms with Crippen LogP contribution in [0.25, 0.3) is 0 Å². The Bertz CT molecular complexity index is 297. The van der Waals surface area contributed by atoms with Gasteiger partial charge in [-0.3, -0.25) is 0 Å². The summed E-state index contributed by atoms with van der Waals surface area (Å²) in [6.45, 7) is 7.49. The van der Waals surface area contributed by atoms with Crippen LogP contribution >= 0.6 is 0 Å². The van der Waals surface area contributed by atoms with Crippen molar-refractivity contribution in [3.8, 4) is 0 Å². The van der Waals surface area contributed by atoms with Crippen molar-refractivity contribution >= 4 is 0 Å². The summed E-state index contributed by atoms with van der Waals surface area (Å²) in [6, 6.07) is 0. The van der Waals surface area contributed by atoms with Crippen LogP contribution in [-0.4, -0.2) is 36.1 Å². The third kappa shape index (κ3) is 4.94. The van der Waals surface area contributed by atoms with Crippen molar-refractivity contribution in [1.29, 1.82) is 0 Å². The summed E-state index contributed by atoms with van der Waals surface area (Å²) in [7, 11) is 0. The summed E-state index contributed by atoms with van der Waals surface area (Å²) in [5.74, 6) is 0. The van der Waals surface area contributed by atoms with Gasteiger partial charge in [-0.25, -0.2) is 0 Å². The number of hydrogen-bond acceptors (Lipinski definition) is 3. The summed E-state index contributed by atoms with van der Waals surface area (Å²) < 4.78 is 11.8. The lowest BCUT2D eigenvalue weighted by Gasteiger charge is -2.34. The molecule has 0 amide bonds. The van der Waals surface area contributed by atoms with Crippen molar-refractivity contribution < 1.29 is 14.6 Å². The maximum absolute atomic E-state index is 10.7. The standard InChI is InChI=1S/C18H34O3/c1-4-5-12-18(2,3)17(19)16-11-10-15(21-16)9-8-14-7-6-13-20-14/h14-17,19H,4-13H2,1-3H3. The van der Waals surface area contributed by atoms with Gasteiger partial charge in [0.15, 0.2) is 0 Å². The van der Waals surface area contributed by atoms with Crippen LogP contribution in [-0.2, 0) is 9.47 Å². The third-order valence-electron chi connectivity index (χ3n) is 5.30. The molecule has 3 heteroatoms. The minimum absolute atomic E-state index is 0.0337. The highest BCUT2D eigenvalue weighted by molar-refractivity contribution is 4.88. The summed E-state index contributed by atoms with van der Waals surface area (Å²) >= 11 is 0. The highest BCUT2D eigenvalue weighted by Crippen LogP contribution is 2.36. The molecule has 3 nitrogen and oxygen atoms in total. The van der Waals surface area contributed by atoms with E-state index in [1.54, 1.807) is 0 Å². The van der Waals surface area contributed by atoms with Crippen molar-refractivity contribution in [2.24, 2.45) is 5.41 Å². The molecular formula is C18H34O3. The fourth-order valence-electron chi connectivity index (χ4n) is 3.71. The lowest BCUT2D eigenvalue weighted by atomic mass is 9.78. The van der Waals surface area contributed by atoms with Crippen LogP contribution in [0.4, 0.5) is 0 Å². The van der Waals surface area contributed by atoms with Gasteiger partial charge >= 0.3 is 0 Å². The zero-order valence-corrected chi connectivity index (χ0v) is 14.1. The van der Waals surface area contributed by atoms with Gasteiger partial charge < -0.3 is 14.6 Å². The molecule has 21 heavy (non-hydrogen) atoms. The number of ether oxygens (including phenoxy) is 2. The maximum atomic E-state index is 10.7. The van der Waals surface area contributed by atoms with Gasteiger partial charge in [-0.15, -0.1) is 0 Å². The first-order valence-electron chi connectivity index (χ1n) is 8.98. The lowest BCUT2D eigenvalue weighted by molar-refractivity contribution is -0.0872. The first-order chi connectivity index (χ1) is 10.0. The number of hydrogen-bond donors (Lipinski definition) is 1. The molecule has 124 valence electrons. The molecule has 4 atom stereocenters. The van der Waals surface area contributed by atoms with Crippen LogP contribution in [0.15, 0.2) is 0 Å². The first-order valence-corrected chi connectivity index (χ1v) is 8.98. The van der Waals surface area contributed by atoms with Gasteiger partial charge in [0.25, 0.3) is 0 Å². The molecular weight excluding hydrogens is 264 g/mol. The van der Waals surface area contributed by atoms with Crippen molar-refractivity contribution in [2.75, 3.05) is 6.61 Å². The molecule has 0 bridgehead atoms. The average Bonchev–Trinajstić information content (AvgIpc) is 3.13. The van der Waals surface area contributed by atoms with Crippen LogP contribution in [0.3, 0.4) is 0 Å². The van der Waals surface area contributed by atoms with Gasteiger partial charge in [-0.1, -0.05) is 33.6 Å². The van der Waals surface area contributed by atoms with Crippen LogP contribution < -0.4 is 0 Å². The molecule has 0 aromatic carbocycles. The Morgan fingerprint density at radius 3 is 2.57 bits per heavy atom. The topological polar surface area (TPSA) is 38.7 Å². The van der Waals surface area contributed by atoms with Crippen molar-refractivity contribution in [1.82, 2.24) is 0 Å². The van der Waals surface area contributed by atoms with E-state index in [1.165, 1.54) is 25.7 Å². The summed E-state index contributed by atoms with van der Waals surface area (Å²) in [5, 5.41) is 10.7. The molecule has 1 N–H and O–H groups in total. The fraction of sp³-hybridized carbons (Fsp3) is 1.00. The molecule has 2 heterocycles. The molecule has 2 fully saturated rings. The molecule has 2 saturated heterocycles. The second-order valence-corrected chi connectivity index (χ2v) is 7.62. The summed E-state index contributed by atoms with van der Waals surface area (Å²) in [5.41, 5.74) is -0.0376. The van der Waals surface area contributed by atoms with E-state index in [0.29, 0.717) is 12.2 Å². The van der Waals surface area contributed by atoms with Gasteiger partial charge in [0, 0.05) is 6.61 Å². The Balaban J connectivity index is 1.72. The van der Waals surface area contributed by atoms with Crippen molar-refractivity contribution in [3.05, 3.63) is 0 Å². The van der Waals surface area contributed by atoms with Gasteiger partial charge in [0.1, 0.15) is 0 Å². The van der Waals surface area contributed by atoms with Crippen LogP contribution in [0.1, 0.15) is 78.6 Å². The maximum Gasteiger partial charge on any atom is 0.0852 e. The molecule has 0 saturated carbocycles. The smallest absolute Gasteiger partial charge is 0.0852 e. The summed E-state index contributed by atoms with van der Waals surface area (Å²) in [6.07, 6.45) is 10.7. The number of unbranched alkanes of at least 4 members (excludes halogenated alkanes) is 1.